The van der Waals surface area contributed by atoms with Crippen LogP contribution in [0.1, 0.15) is 73.6 Å². The standard InChI is InChI=1S/C15H30O2/c1-7-10-15(6,8-2)11-9-12(3)14(4,5)13(16)17/h12H,7-11H2,1-6H3,(H,16,17). The largest absolute Gasteiger partial charge is 0.481 e. The lowest BCUT2D eigenvalue weighted by atomic mass is 9.72. The average molecular weight is 242 g/mol. The predicted octanol–water partition coefficient (Wildman–Crippen LogP) is 4.73. The Morgan fingerprint density at radius 2 is 1.71 bits per heavy atom. The second kappa shape index (κ2) is 6.42. The van der Waals surface area contributed by atoms with E-state index in [9.17, 15) is 9.90 Å². The average Bonchev–Trinajstić information content (AvgIpc) is 2.26. The van der Waals surface area contributed by atoms with Crippen molar-refractivity contribution in [1.29, 1.82) is 0 Å². The van der Waals surface area contributed by atoms with Crippen molar-refractivity contribution >= 4 is 5.97 Å². The maximum atomic E-state index is 11.2. The van der Waals surface area contributed by atoms with Gasteiger partial charge in [0.1, 0.15) is 0 Å². The summed E-state index contributed by atoms with van der Waals surface area (Å²) in [5.74, 6) is -0.457. The molecular formula is C15H30O2. The smallest absolute Gasteiger partial charge is 0.309 e. The summed E-state index contributed by atoms with van der Waals surface area (Å²) in [5.41, 5.74) is -0.224. The van der Waals surface area contributed by atoms with E-state index in [1.807, 2.05) is 13.8 Å². The fourth-order valence-electron chi connectivity index (χ4n) is 2.22. The van der Waals surface area contributed by atoms with Gasteiger partial charge in [-0.3, -0.25) is 4.79 Å². The van der Waals surface area contributed by atoms with Crippen LogP contribution in [0.25, 0.3) is 0 Å². The molecule has 0 amide bonds. The Bertz CT molecular complexity index is 245. The van der Waals surface area contributed by atoms with Crippen molar-refractivity contribution in [3.05, 3.63) is 0 Å². The molecule has 2 atom stereocenters. The van der Waals surface area contributed by atoms with Crippen molar-refractivity contribution in [1.82, 2.24) is 0 Å². The molecular weight excluding hydrogens is 212 g/mol. The summed E-state index contributed by atoms with van der Waals surface area (Å²) in [6, 6.07) is 0. The zero-order valence-corrected chi connectivity index (χ0v) is 12.5. The van der Waals surface area contributed by atoms with Crippen molar-refractivity contribution in [2.24, 2.45) is 16.7 Å². The van der Waals surface area contributed by atoms with Crippen LogP contribution in [0.15, 0.2) is 0 Å². The highest BCUT2D eigenvalue weighted by atomic mass is 16.4. The Labute approximate surface area is 107 Å². The van der Waals surface area contributed by atoms with E-state index in [1.54, 1.807) is 0 Å². The molecule has 2 heteroatoms. The van der Waals surface area contributed by atoms with E-state index in [2.05, 4.69) is 27.7 Å². The van der Waals surface area contributed by atoms with Crippen molar-refractivity contribution in [2.45, 2.75) is 73.6 Å². The van der Waals surface area contributed by atoms with E-state index in [4.69, 9.17) is 0 Å². The van der Waals surface area contributed by atoms with Crippen LogP contribution in [0.3, 0.4) is 0 Å². The van der Waals surface area contributed by atoms with Crippen LogP contribution in [-0.4, -0.2) is 11.1 Å². The lowest BCUT2D eigenvalue weighted by molar-refractivity contribution is -0.150. The number of rotatable bonds is 8. The van der Waals surface area contributed by atoms with Gasteiger partial charge in [-0.2, -0.15) is 0 Å². The number of carbonyl (C=O) groups is 1. The molecule has 0 saturated heterocycles. The number of hydrogen-bond donors (Lipinski definition) is 1. The maximum Gasteiger partial charge on any atom is 0.309 e. The van der Waals surface area contributed by atoms with Crippen LogP contribution in [0.5, 0.6) is 0 Å². The van der Waals surface area contributed by atoms with Crippen molar-refractivity contribution in [2.75, 3.05) is 0 Å². The maximum absolute atomic E-state index is 11.2. The van der Waals surface area contributed by atoms with Crippen LogP contribution in [0, 0.1) is 16.7 Å². The second-order valence-corrected chi connectivity index (χ2v) is 6.38. The Kier molecular flexibility index (Phi) is 6.22. The molecule has 102 valence electrons. The normalized spacial score (nSPS) is 17.5. The van der Waals surface area contributed by atoms with Gasteiger partial charge >= 0.3 is 5.97 Å². The Balaban J connectivity index is 4.41. The summed E-state index contributed by atoms with van der Waals surface area (Å²) in [6.07, 6.45) is 5.77. The van der Waals surface area contributed by atoms with Gasteiger partial charge in [0, 0.05) is 0 Å². The van der Waals surface area contributed by atoms with Gasteiger partial charge in [0.25, 0.3) is 0 Å². The number of hydrogen-bond acceptors (Lipinski definition) is 1. The van der Waals surface area contributed by atoms with E-state index >= 15 is 0 Å². The monoisotopic (exact) mass is 242 g/mol. The van der Waals surface area contributed by atoms with Crippen LogP contribution in [-0.2, 0) is 4.79 Å². The van der Waals surface area contributed by atoms with Gasteiger partial charge in [-0.15, -0.1) is 0 Å². The molecule has 2 nitrogen and oxygen atoms in total. The van der Waals surface area contributed by atoms with E-state index in [0.717, 1.165) is 12.8 Å². The van der Waals surface area contributed by atoms with Crippen LogP contribution >= 0.6 is 0 Å². The number of carboxylic acids is 1. The molecule has 0 aliphatic rings. The summed E-state index contributed by atoms with van der Waals surface area (Å²) in [5, 5.41) is 9.20. The van der Waals surface area contributed by atoms with Gasteiger partial charge in [0.2, 0.25) is 0 Å². The molecule has 0 spiro atoms. The molecule has 0 aromatic carbocycles. The minimum atomic E-state index is -0.682. The van der Waals surface area contributed by atoms with Gasteiger partial charge in [0.15, 0.2) is 0 Å². The molecule has 0 fully saturated rings. The van der Waals surface area contributed by atoms with Gasteiger partial charge in [-0.1, -0.05) is 40.5 Å². The fourth-order valence-corrected chi connectivity index (χ4v) is 2.22. The third kappa shape index (κ3) is 4.69. The minimum absolute atomic E-state index is 0.225. The molecule has 1 N–H and O–H groups in total. The van der Waals surface area contributed by atoms with Crippen LogP contribution in [0.2, 0.25) is 0 Å². The predicted molar refractivity (Wildman–Crippen MR) is 73.1 cm³/mol. The zero-order valence-electron chi connectivity index (χ0n) is 12.5. The van der Waals surface area contributed by atoms with Crippen LogP contribution in [0.4, 0.5) is 0 Å². The molecule has 2 unspecified atom stereocenters. The minimum Gasteiger partial charge on any atom is -0.481 e. The SMILES string of the molecule is CCCC(C)(CC)CCC(C)C(C)(C)C(=O)O. The lowest BCUT2D eigenvalue weighted by Gasteiger charge is -2.33. The topological polar surface area (TPSA) is 37.3 Å². The van der Waals surface area contributed by atoms with E-state index in [0.29, 0.717) is 5.41 Å². The summed E-state index contributed by atoms with van der Waals surface area (Å²) in [7, 11) is 0. The van der Waals surface area contributed by atoms with Gasteiger partial charge < -0.3 is 5.11 Å². The molecule has 0 aliphatic heterocycles. The Morgan fingerprint density at radius 3 is 2.06 bits per heavy atom. The second-order valence-electron chi connectivity index (χ2n) is 6.38. The molecule has 0 heterocycles. The van der Waals surface area contributed by atoms with Crippen molar-refractivity contribution < 1.29 is 9.90 Å². The highest BCUT2D eigenvalue weighted by Crippen LogP contribution is 2.38. The summed E-state index contributed by atoms with van der Waals surface area (Å²) < 4.78 is 0. The van der Waals surface area contributed by atoms with Crippen LogP contribution < -0.4 is 0 Å². The summed E-state index contributed by atoms with van der Waals surface area (Å²) in [6.45, 7) is 12.5. The molecule has 0 bridgehead atoms. The highest BCUT2D eigenvalue weighted by molar-refractivity contribution is 5.73. The lowest BCUT2D eigenvalue weighted by Crippen LogP contribution is -2.32. The van der Waals surface area contributed by atoms with E-state index in [-0.39, 0.29) is 5.92 Å². The summed E-state index contributed by atoms with van der Waals surface area (Å²) in [4.78, 5) is 11.2. The van der Waals surface area contributed by atoms with Gasteiger partial charge in [0.05, 0.1) is 5.41 Å². The summed E-state index contributed by atoms with van der Waals surface area (Å²) >= 11 is 0. The molecule has 0 aromatic heterocycles. The highest BCUT2D eigenvalue weighted by Gasteiger charge is 2.34. The number of carboxylic acid groups (broad SMARTS) is 1. The van der Waals surface area contributed by atoms with Gasteiger partial charge in [-0.05, 0) is 44.4 Å². The van der Waals surface area contributed by atoms with Crippen molar-refractivity contribution in [3.8, 4) is 0 Å². The molecule has 0 radical (unpaired) electrons. The fraction of sp³-hybridized carbons (Fsp3) is 0.933. The first-order chi connectivity index (χ1) is 7.69. The van der Waals surface area contributed by atoms with Crippen molar-refractivity contribution in [3.63, 3.8) is 0 Å². The first kappa shape index (κ1) is 16.5. The molecule has 0 aromatic rings. The molecule has 0 saturated carbocycles. The molecule has 17 heavy (non-hydrogen) atoms. The Morgan fingerprint density at radius 1 is 1.18 bits per heavy atom. The first-order valence-corrected chi connectivity index (χ1v) is 6.93. The third-order valence-electron chi connectivity index (χ3n) is 4.67. The molecule has 0 rings (SSSR count). The zero-order chi connectivity index (χ0) is 13.7. The molecule has 0 aliphatic carbocycles. The third-order valence-corrected chi connectivity index (χ3v) is 4.67. The van der Waals surface area contributed by atoms with E-state index < -0.39 is 11.4 Å². The number of aliphatic carboxylic acids is 1. The first-order valence-electron chi connectivity index (χ1n) is 6.93. The van der Waals surface area contributed by atoms with E-state index in [1.165, 1.54) is 19.3 Å². The van der Waals surface area contributed by atoms with Gasteiger partial charge in [-0.25, -0.2) is 0 Å². The quantitative estimate of drug-likeness (QED) is 0.668. The Hall–Kier alpha value is -0.530.